The number of benzene rings is 3. The molecule has 0 saturated carbocycles. The summed E-state index contributed by atoms with van der Waals surface area (Å²) in [7, 11) is 0. The fourth-order valence-corrected chi connectivity index (χ4v) is 3.60. The summed E-state index contributed by atoms with van der Waals surface area (Å²) in [5.74, 6) is -0.509. The van der Waals surface area contributed by atoms with Gasteiger partial charge in [-0.25, -0.2) is 13.8 Å². The van der Waals surface area contributed by atoms with Gasteiger partial charge in [-0.3, -0.25) is 0 Å². The van der Waals surface area contributed by atoms with Crippen LogP contribution in [0, 0.1) is 0 Å². The van der Waals surface area contributed by atoms with E-state index in [0.717, 1.165) is 33.8 Å². The standard InChI is InChI=1S/C23H19ClF2N4O/c24-16-3-8-19(9-4-16)31-18-6-1-15(2-7-18)12-27-22-28-20-10-5-17(11-21(20)29-22)30-13-23(25,26)14-30/h1-11H,12-14H2,(H2,27,28,29). The van der Waals surface area contributed by atoms with E-state index < -0.39 is 5.92 Å². The van der Waals surface area contributed by atoms with Crippen molar-refractivity contribution in [1.82, 2.24) is 9.97 Å². The molecule has 1 saturated heterocycles. The molecule has 2 N–H and O–H groups in total. The summed E-state index contributed by atoms with van der Waals surface area (Å²) >= 11 is 5.89. The molecule has 5 rings (SSSR count). The number of aromatic amines is 1. The van der Waals surface area contributed by atoms with Gasteiger partial charge >= 0.3 is 0 Å². The van der Waals surface area contributed by atoms with Crippen LogP contribution in [0.1, 0.15) is 5.56 Å². The lowest BCUT2D eigenvalue weighted by Crippen LogP contribution is -2.56. The van der Waals surface area contributed by atoms with Crippen LogP contribution in [0.3, 0.4) is 0 Å². The Bertz CT molecular complexity index is 1200. The number of aromatic nitrogens is 2. The van der Waals surface area contributed by atoms with Gasteiger partial charge in [0.2, 0.25) is 5.95 Å². The second kappa shape index (κ2) is 7.74. The second-order valence-electron chi connectivity index (χ2n) is 7.55. The lowest BCUT2D eigenvalue weighted by Gasteiger charge is -2.40. The van der Waals surface area contributed by atoms with Gasteiger partial charge in [0.1, 0.15) is 11.5 Å². The predicted molar refractivity (Wildman–Crippen MR) is 119 cm³/mol. The third-order valence-electron chi connectivity index (χ3n) is 5.11. The van der Waals surface area contributed by atoms with Crippen LogP contribution >= 0.6 is 11.6 Å². The third kappa shape index (κ3) is 4.41. The molecule has 1 aliphatic heterocycles. The van der Waals surface area contributed by atoms with Crippen LogP contribution in [0.2, 0.25) is 5.02 Å². The Balaban J connectivity index is 1.21. The molecule has 0 aliphatic carbocycles. The maximum Gasteiger partial charge on any atom is 0.282 e. The number of anilines is 2. The quantitative estimate of drug-likeness (QED) is 0.381. The van der Waals surface area contributed by atoms with Crippen molar-refractivity contribution in [2.75, 3.05) is 23.3 Å². The van der Waals surface area contributed by atoms with E-state index in [-0.39, 0.29) is 13.1 Å². The molecule has 31 heavy (non-hydrogen) atoms. The van der Waals surface area contributed by atoms with E-state index in [1.807, 2.05) is 54.6 Å². The Morgan fingerprint density at radius 2 is 1.68 bits per heavy atom. The zero-order chi connectivity index (χ0) is 21.4. The Morgan fingerprint density at radius 1 is 1.00 bits per heavy atom. The molecule has 0 amide bonds. The molecule has 1 aromatic heterocycles. The summed E-state index contributed by atoms with van der Waals surface area (Å²) < 4.78 is 32.0. The first-order chi connectivity index (χ1) is 14.9. The van der Waals surface area contributed by atoms with Crippen LogP contribution in [0.5, 0.6) is 11.5 Å². The number of nitrogens with zero attached hydrogens (tertiary/aromatic N) is 2. The number of hydrogen-bond donors (Lipinski definition) is 2. The Kier molecular flexibility index (Phi) is 4.90. The predicted octanol–water partition coefficient (Wildman–Crippen LogP) is 6.08. The summed E-state index contributed by atoms with van der Waals surface area (Å²) in [6.07, 6.45) is 0. The first-order valence-electron chi connectivity index (χ1n) is 9.82. The van der Waals surface area contributed by atoms with Gasteiger partial charge in [0.15, 0.2) is 0 Å². The molecule has 1 fully saturated rings. The van der Waals surface area contributed by atoms with E-state index in [1.165, 1.54) is 0 Å². The van der Waals surface area contributed by atoms with Crippen LogP contribution in [0.15, 0.2) is 66.7 Å². The number of halogens is 3. The molecule has 3 aromatic carbocycles. The minimum absolute atomic E-state index is 0.241. The number of H-pyrrole nitrogens is 1. The second-order valence-corrected chi connectivity index (χ2v) is 7.99. The number of nitrogens with one attached hydrogen (secondary N) is 2. The number of rotatable bonds is 6. The average molecular weight is 441 g/mol. The topological polar surface area (TPSA) is 53.2 Å². The highest BCUT2D eigenvalue weighted by atomic mass is 35.5. The number of imidazole rings is 1. The normalized spacial score (nSPS) is 15.0. The molecule has 0 radical (unpaired) electrons. The molecule has 0 spiro atoms. The van der Waals surface area contributed by atoms with Gasteiger partial charge in [0, 0.05) is 17.3 Å². The number of hydrogen-bond acceptors (Lipinski definition) is 4. The van der Waals surface area contributed by atoms with E-state index in [4.69, 9.17) is 16.3 Å². The van der Waals surface area contributed by atoms with Crippen molar-refractivity contribution in [3.8, 4) is 11.5 Å². The monoisotopic (exact) mass is 440 g/mol. The van der Waals surface area contributed by atoms with Crippen molar-refractivity contribution in [2.24, 2.45) is 0 Å². The molecular formula is C23H19ClF2N4O. The van der Waals surface area contributed by atoms with Gasteiger partial charge in [-0.05, 0) is 60.2 Å². The molecule has 2 heterocycles. The highest BCUT2D eigenvalue weighted by molar-refractivity contribution is 6.30. The van der Waals surface area contributed by atoms with Crippen LogP contribution in [0.4, 0.5) is 20.4 Å². The highest BCUT2D eigenvalue weighted by Crippen LogP contribution is 2.33. The van der Waals surface area contributed by atoms with Crippen molar-refractivity contribution in [3.63, 3.8) is 0 Å². The van der Waals surface area contributed by atoms with Crippen LogP contribution in [-0.2, 0) is 6.54 Å². The van der Waals surface area contributed by atoms with Gasteiger partial charge in [-0.2, -0.15) is 0 Å². The van der Waals surface area contributed by atoms with E-state index in [1.54, 1.807) is 17.0 Å². The Morgan fingerprint density at radius 3 is 2.35 bits per heavy atom. The van der Waals surface area contributed by atoms with E-state index >= 15 is 0 Å². The molecule has 0 bridgehead atoms. The van der Waals surface area contributed by atoms with Gasteiger partial charge < -0.3 is 19.9 Å². The average Bonchev–Trinajstić information content (AvgIpc) is 3.15. The first-order valence-corrected chi connectivity index (χ1v) is 10.2. The summed E-state index contributed by atoms with van der Waals surface area (Å²) in [5.41, 5.74) is 3.42. The lowest BCUT2D eigenvalue weighted by molar-refractivity contribution is -0.0262. The summed E-state index contributed by atoms with van der Waals surface area (Å²) in [4.78, 5) is 9.37. The van der Waals surface area contributed by atoms with Crippen molar-refractivity contribution in [1.29, 1.82) is 0 Å². The fourth-order valence-electron chi connectivity index (χ4n) is 3.47. The van der Waals surface area contributed by atoms with Crippen molar-refractivity contribution in [2.45, 2.75) is 12.5 Å². The van der Waals surface area contributed by atoms with Gasteiger partial charge in [0.25, 0.3) is 5.92 Å². The van der Waals surface area contributed by atoms with Crippen molar-refractivity contribution >= 4 is 34.3 Å². The SMILES string of the molecule is FC1(F)CN(c2ccc3nc(NCc4ccc(Oc5ccc(Cl)cc5)cc4)[nH]c3c2)C1. The largest absolute Gasteiger partial charge is 0.457 e. The van der Waals surface area contributed by atoms with Gasteiger partial charge in [0.05, 0.1) is 24.1 Å². The molecular weight excluding hydrogens is 422 g/mol. The molecule has 8 heteroatoms. The smallest absolute Gasteiger partial charge is 0.282 e. The van der Waals surface area contributed by atoms with Gasteiger partial charge in [-0.15, -0.1) is 0 Å². The molecule has 0 atom stereocenters. The number of ether oxygens (including phenoxy) is 1. The highest BCUT2D eigenvalue weighted by Gasteiger charge is 2.43. The van der Waals surface area contributed by atoms with Crippen LogP contribution < -0.4 is 15.0 Å². The van der Waals surface area contributed by atoms with E-state index in [9.17, 15) is 8.78 Å². The number of alkyl halides is 2. The van der Waals surface area contributed by atoms with Crippen molar-refractivity contribution in [3.05, 3.63) is 77.3 Å². The van der Waals surface area contributed by atoms with Crippen molar-refractivity contribution < 1.29 is 13.5 Å². The number of fused-ring (bicyclic) bond motifs is 1. The molecule has 5 nitrogen and oxygen atoms in total. The lowest BCUT2D eigenvalue weighted by atomic mass is 10.1. The fraction of sp³-hybridized carbons (Fsp3) is 0.174. The minimum atomic E-state index is -2.59. The first kappa shape index (κ1) is 19.6. The molecule has 158 valence electrons. The summed E-state index contributed by atoms with van der Waals surface area (Å²) in [5, 5.41) is 3.92. The van der Waals surface area contributed by atoms with Gasteiger partial charge in [-0.1, -0.05) is 23.7 Å². The summed E-state index contributed by atoms with van der Waals surface area (Å²) in [6, 6.07) is 20.5. The van der Waals surface area contributed by atoms with Crippen LogP contribution in [-0.4, -0.2) is 29.0 Å². The Labute approximate surface area is 182 Å². The summed E-state index contributed by atoms with van der Waals surface area (Å²) in [6.45, 7) is 0.0945. The molecule has 4 aromatic rings. The van der Waals surface area contributed by atoms with Crippen LogP contribution in [0.25, 0.3) is 11.0 Å². The zero-order valence-electron chi connectivity index (χ0n) is 16.4. The zero-order valence-corrected chi connectivity index (χ0v) is 17.2. The molecule has 0 unspecified atom stereocenters. The van der Waals surface area contributed by atoms with E-state index in [2.05, 4.69) is 15.3 Å². The maximum absolute atomic E-state index is 13.1. The Hall–Kier alpha value is -3.32. The maximum atomic E-state index is 13.1. The molecule has 1 aliphatic rings. The van der Waals surface area contributed by atoms with E-state index in [0.29, 0.717) is 17.5 Å². The minimum Gasteiger partial charge on any atom is -0.457 e. The third-order valence-corrected chi connectivity index (χ3v) is 5.36.